The van der Waals surface area contributed by atoms with Crippen LogP contribution in [0.3, 0.4) is 0 Å². The lowest BCUT2D eigenvalue weighted by atomic mass is 10.1. The zero-order valence-corrected chi connectivity index (χ0v) is 14.3. The predicted octanol–water partition coefficient (Wildman–Crippen LogP) is 2.30. The highest BCUT2D eigenvalue weighted by atomic mass is 16.2. The van der Waals surface area contributed by atoms with Crippen LogP contribution >= 0.6 is 0 Å². The van der Waals surface area contributed by atoms with Crippen LogP contribution < -0.4 is 15.5 Å². The number of carbonyl (C=O) groups is 2. The third-order valence-corrected chi connectivity index (χ3v) is 3.36. The minimum atomic E-state index is -0.513. The molecule has 0 aliphatic heterocycles. The van der Waals surface area contributed by atoms with Crippen LogP contribution in [0.2, 0.25) is 0 Å². The van der Waals surface area contributed by atoms with Crippen molar-refractivity contribution in [1.29, 1.82) is 0 Å². The Kier molecular flexibility index (Phi) is 6.40. The van der Waals surface area contributed by atoms with Crippen LogP contribution in [0, 0.1) is 11.8 Å². The van der Waals surface area contributed by atoms with Gasteiger partial charge in [-0.1, -0.05) is 39.8 Å². The molecule has 5 heteroatoms. The first kappa shape index (κ1) is 18.0. The van der Waals surface area contributed by atoms with E-state index in [9.17, 15) is 9.59 Å². The maximum atomic E-state index is 12.0. The van der Waals surface area contributed by atoms with E-state index in [1.807, 2.05) is 71.0 Å². The maximum absolute atomic E-state index is 12.0. The lowest BCUT2D eigenvalue weighted by Crippen LogP contribution is -2.43. The Bertz CT molecular complexity index is 485. The van der Waals surface area contributed by atoms with Crippen LogP contribution in [0.25, 0.3) is 0 Å². The lowest BCUT2D eigenvalue weighted by Gasteiger charge is -2.23. The van der Waals surface area contributed by atoms with Gasteiger partial charge in [0.1, 0.15) is 6.17 Å². The summed E-state index contributed by atoms with van der Waals surface area (Å²) in [5.74, 6) is -0.463. The molecule has 0 aliphatic carbocycles. The van der Waals surface area contributed by atoms with Crippen molar-refractivity contribution in [2.45, 2.75) is 33.9 Å². The van der Waals surface area contributed by atoms with Crippen molar-refractivity contribution in [2.24, 2.45) is 11.8 Å². The zero-order valence-electron chi connectivity index (χ0n) is 14.3. The lowest BCUT2D eigenvalue weighted by molar-refractivity contribution is -0.127. The van der Waals surface area contributed by atoms with Crippen molar-refractivity contribution in [3.8, 4) is 0 Å². The van der Waals surface area contributed by atoms with Crippen molar-refractivity contribution >= 4 is 17.5 Å². The first-order valence-electron chi connectivity index (χ1n) is 7.60. The van der Waals surface area contributed by atoms with Gasteiger partial charge in [0.05, 0.1) is 0 Å². The zero-order chi connectivity index (χ0) is 16.9. The van der Waals surface area contributed by atoms with Gasteiger partial charge in [-0.25, -0.2) is 0 Å². The van der Waals surface area contributed by atoms with E-state index in [0.717, 1.165) is 11.3 Å². The number of carbonyl (C=O) groups excluding carboxylic acids is 2. The molecule has 1 aromatic rings. The third-order valence-electron chi connectivity index (χ3n) is 3.36. The number of hydrogen-bond acceptors (Lipinski definition) is 3. The summed E-state index contributed by atoms with van der Waals surface area (Å²) in [5, 5.41) is 5.77. The minimum absolute atomic E-state index is 0.0919. The molecule has 1 aromatic carbocycles. The van der Waals surface area contributed by atoms with E-state index >= 15 is 0 Å². The average Bonchev–Trinajstić information content (AvgIpc) is 2.46. The largest absolute Gasteiger partial charge is 0.378 e. The molecule has 1 rings (SSSR count). The van der Waals surface area contributed by atoms with Gasteiger partial charge in [0.25, 0.3) is 0 Å². The third kappa shape index (κ3) is 5.06. The number of benzene rings is 1. The van der Waals surface area contributed by atoms with E-state index in [0.29, 0.717) is 0 Å². The Labute approximate surface area is 133 Å². The van der Waals surface area contributed by atoms with Crippen molar-refractivity contribution < 1.29 is 9.59 Å². The van der Waals surface area contributed by atoms with E-state index in [2.05, 4.69) is 10.6 Å². The fraction of sp³-hybridized carbons (Fsp3) is 0.529. The molecule has 0 aliphatic rings. The van der Waals surface area contributed by atoms with Gasteiger partial charge < -0.3 is 15.5 Å². The van der Waals surface area contributed by atoms with Crippen molar-refractivity contribution in [3.05, 3.63) is 29.8 Å². The van der Waals surface area contributed by atoms with Gasteiger partial charge in [-0.05, 0) is 17.7 Å². The van der Waals surface area contributed by atoms with Gasteiger partial charge in [-0.2, -0.15) is 0 Å². The number of nitrogens with zero attached hydrogens (tertiary/aromatic N) is 1. The molecular formula is C17H27N3O2. The Morgan fingerprint density at radius 3 is 1.59 bits per heavy atom. The molecule has 0 radical (unpaired) electrons. The van der Waals surface area contributed by atoms with Crippen molar-refractivity contribution in [1.82, 2.24) is 10.6 Å². The molecule has 2 N–H and O–H groups in total. The fourth-order valence-corrected chi connectivity index (χ4v) is 1.79. The van der Waals surface area contributed by atoms with Gasteiger partial charge in [0.15, 0.2) is 0 Å². The molecule has 0 saturated carbocycles. The standard InChI is InChI=1S/C17H27N3O2/c1-11(2)16(21)18-15(19-17(22)12(3)4)13-7-9-14(10-8-13)20(5)6/h7-12,15H,1-6H3,(H,18,21)(H,19,22). The molecule has 0 bridgehead atoms. The molecule has 0 heterocycles. The molecule has 0 aromatic heterocycles. The Morgan fingerprint density at radius 1 is 0.864 bits per heavy atom. The van der Waals surface area contributed by atoms with Gasteiger partial charge in [-0.15, -0.1) is 0 Å². The fourth-order valence-electron chi connectivity index (χ4n) is 1.79. The van der Waals surface area contributed by atoms with E-state index in [1.54, 1.807) is 0 Å². The van der Waals surface area contributed by atoms with Crippen LogP contribution in [0.5, 0.6) is 0 Å². The molecule has 22 heavy (non-hydrogen) atoms. The SMILES string of the molecule is CC(C)C(=O)NC(NC(=O)C(C)C)c1ccc(N(C)C)cc1. The number of nitrogens with one attached hydrogen (secondary N) is 2. The smallest absolute Gasteiger partial charge is 0.224 e. The summed E-state index contributed by atoms with van der Waals surface area (Å²) >= 11 is 0. The van der Waals surface area contributed by atoms with Crippen LogP contribution in [0.4, 0.5) is 5.69 Å². The molecular weight excluding hydrogens is 278 g/mol. The van der Waals surface area contributed by atoms with E-state index < -0.39 is 6.17 Å². The summed E-state index contributed by atoms with van der Waals surface area (Å²) in [5.41, 5.74) is 1.92. The van der Waals surface area contributed by atoms with Crippen molar-refractivity contribution in [2.75, 3.05) is 19.0 Å². The van der Waals surface area contributed by atoms with E-state index in [1.165, 1.54) is 0 Å². The Hall–Kier alpha value is -2.04. The van der Waals surface area contributed by atoms with Crippen LogP contribution in [0.1, 0.15) is 39.4 Å². The van der Waals surface area contributed by atoms with Crippen molar-refractivity contribution in [3.63, 3.8) is 0 Å². The van der Waals surface area contributed by atoms with E-state index in [4.69, 9.17) is 0 Å². The van der Waals surface area contributed by atoms with Crippen LogP contribution in [-0.4, -0.2) is 25.9 Å². The van der Waals surface area contributed by atoms with Crippen LogP contribution in [-0.2, 0) is 9.59 Å². The molecule has 0 saturated heterocycles. The Balaban J connectivity index is 2.97. The summed E-state index contributed by atoms with van der Waals surface area (Å²) < 4.78 is 0. The highest BCUT2D eigenvalue weighted by Crippen LogP contribution is 2.17. The molecule has 0 spiro atoms. The molecule has 0 atom stereocenters. The van der Waals surface area contributed by atoms with Crippen LogP contribution in [0.15, 0.2) is 24.3 Å². The van der Waals surface area contributed by atoms with E-state index in [-0.39, 0.29) is 23.7 Å². The molecule has 122 valence electrons. The monoisotopic (exact) mass is 305 g/mol. The molecule has 0 fully saturated rings. The van der Waals surface area contributed by atoms with Gasteiger partial charge in [0.2, 0.25) is 11.8 Å². The second-order valence-corrected chi connectivity index (χ2v) is 6.25. The Morgan fingerprint density at radius 2 is 1.27 bits per heavy atom. The summed E-state index contributed by atoms with van der Waals surface area (Å²) in [6.45, 7) is 7.30. The van der Waals surface area contributed by atoms with Gasteiger partial charge in [0, 0.05) is 31.6 Å². The maximum Gasteiger partial charge on any atom is 0.224 e. The topological polar surface area (TPSA) is 61.4 Å². The summed E-state index contributed by atoms with van der Waals surface area (Å²) in [6, 6.07) is 7.76. The predicted molar refractivity (Wildman–Crippen MR) is 89.5 cm³/mol. The first-order chi connectivity index (χ1) is 10.2. The second kappa shape index (κ2) is 7.82. The summed E-state index contributed by atoms with van der Waals surface area (Å²) in [4.78, 5) is 26.0. The number of hydrogen-bond donors (Lipinski definition) is 2. The number of amides is 2. The normalized spacial score (nSPS) is 11.0. The average molecular weight is 305 g/mol. The van der Waals surface area contributed by atoms with Gasteiger partial charge in [-0.3, -0.25) is 9.59 Å². The number of rotatable bonds is 6. The second-order valence-electron chi connectivity index (χ2n) is 6.25. The molecule has 0 unspecified atom stereocenters. The quantitative estimate of drug-likeness (QED) is 0.793. The molecule has 2 amide bonds. The number of anilines is 1. The highest BCUT2D eigenvalue weighted by molar-refractivity contribution is 5.81. The summed E-state index contributed by atoms with van der Waals surface area (Å²) in [7, 11) is 3.93. The molecule has 5 nitrogen and oxygen atoms in total. The minimum Gasteiger partial charge on any atom is -0.378 e. The van der Waals surface area contributed by atoms with Gasteiger partial charge >= 0.3 is 0 Å². The highest BCUT2D eigenvalue weighted by Gasteiger charge is 2.20. The first-order valence-corrected chi connectivity index (χ1v) is 7.60. The summed E-state index contributed by atoms with van der Waals surface area (Å²) in [6.07, 6.45) is -0.513.